The van der Waals surface area contributed by atoms with Gasteiger partial charge in [-0.25, -0.2) is 0 Å². The molecule has 0 spiro atoms. The van der Waals surface area contributed by atoms with Crippen molar-refractivity contribution in [2.45, 2.75) is 0 Å². The monoisotopic (exact) mass is 567 g/mol. The lowest BCUT2D eigenvalue weighted by Gasteiger charge is -2.27. The first kappa shape index (κ1) is 24.2. The van der Waals surface area contributed by atoms with Crippen LogP contribution in [-0.2, 0) is 0 Å². The van der Waals surface area contributed by atoms with Gasteiger partial charge in [0.05, 0.1) is 5.69 Å². The van der Waals surface area contributed by atoms with Crippen LogP contribution in [0.3, 0.4) is 0 Å². The molecule has 43 heavy (non-hydrogen) atoms. The molecular weight excluding hydrogens is 543 g/mol. The summed E-state index contributed by atoms with van der Waals surface area (Å²) in [5.74, 6) is 0. The highest BCUT2D eigenvalue weighted by Gasteiger charge is 2.21. The third-order valence-corrected chi connectivity index (χ3v) is 9.65. The second kappa shape index (κ2) is 9.59. The van der Waals surface area contributed by atoms with Crippen LogP contribution in [0.25, 0.3) is 64.0 Å². The van der Waals surface area contributed by atoms with Gasteiger partial charge in [0.15, 0.2) is 0 Å². The number of hydrogen-bond donors (Lipinski definition) is 0. The average Bonchev–Trinajstić information content (AvgIpc) is 3.65. The van der Waals surface area contributed by atoms with Crippen LogP contribution in [0.5, 0.6) is 0 Å². The molecule has 3 heteroatoms. The summed E-state index contributed by atoms with van der Waals surface area (Å²) in [5.41, 5.74) is 7.60. The lowest BCUT2D eigenvalue weighted by molar-refractivity contribution is 0.670. The minimum atomic E-state index is 0.918. The molecule has 0 N–H and O–H groups in total. The van der Waals surface area contributed by atoms with Gasteiger partial charge < -0.3 is 9.32 Å². The Balaban J connectivity index is 1.40. The number of benzene rings is 7. The topological polar surface area (TPSA) is 16.4 Å². The number of nitrogens with zero attached hydrogens (tertiary/aromatic N) is 1. The second-order valence-corrected chi connectivity index (χ2v) is 11.9. The van der Waals surface area contributed by atoms with Gasteiger partial charge in [-0.1, -0.05) is 109 Å². The Morgan fingerprint density at radius 1 is 0.465 bits per heavy atom. The van der Waals surface area contributed by atoms with Crippen molar-refractivity contribution in [3.05, 3.63) is 152 Å². The van der Waals surface area contributed by atoms with Gasteiger partial charge in [0.25, 0.3) is 0 Å². The third-order valence-electron chi connectivity index (χ3n) is 8.45. The van der Waals surface area contributed by atoms with Gasteiger partial charge in [0.2, 0.25) is 0 Å². The van der Waals surface area contributed by atoms with Crippen LogP contribution in [0.15, 0.2) is 156 Å². The van der Waals surface area contributed by atoms with Gasteiger partial charge >= 0.3 is 0 Å². The molecule has 0 fully saturated rings. The van der Waals surface area contributed by atoms with E-state index in [0.717, 1.165) is 44.6 Å². The number of para-hydroxylation sites is 4. The first-order valence-electron chi connectivity index (χ1n) is 14.5. The number of fused-ring (bicyclic) bond motifs is 8. The predicted molar refractivity (Wildman–Crippen MR) is 184 cm³/mol. The van der Waals surface area contributed by atoms with Crippen molar-refractivity contribution < 1.29 is 4.42 Å². The summed E-state index contributed by atoms with van der Waals surface area (Å²) in [6.07, 6.45) is 0. The van der Waals surface area contributed by atoms with E-state index in [1.54, 1.807) is 0 Å². The van der Waals surface area contributed by atoms with Crippen LogP contribution in [0.1, 0.15) is 0 Å². The van der Waals surface area contributed by atoms with Gasteiger partial charge in [0.1, 0.15) is 11.2 Å². The lowest BCUT2D eigenvalue weighted by Crippen LogP contribution is -2.10. The summed E-state index contributed by atoms with van der Waals surface area (Å²) in [5, 5.41) is 7.32. The molecule has 2 aromatic heterocycles. The number of thiophene rings is 1. The summed E-state index contributed by atoms with van der Waals surface area (Å²) < 4.78 is 9.10. The van der Waals surface area contributed by atoms with Crippen LogP contribution >= 0.6 is 11.3 Å². The van der Waals surface area contributed by atoms with Crippen LogP contribution in [-0.4, -0.2) is 0 Å². The zero-order chi connectivity index (χ0) is 28.3. The fourth-order valence-corrected chi connectivity index (χ4v) is 7.83. The van der Waals surface area contributed by atoms with Crippen LogP contribution in [0.4, 0.5) is 17.1 Å². The molecule has 0 aliphatic carbocycles. The minimum absolute atomic E-state index is 0.918. The molecule has 0 bridgehead atoms. The van der Waals surface area contributed by atoms with Gasteiger partial charge in [-0.3, -0.25) is 0 Å². The van der Waals surface area contributed by atoms with E-state index < -0.39 is 0 Å². The fourth-order valence-electron chi connectivity index (χ4n) is 6.58. The molecule has 9 aromatic rings. The maximum atomic E-state index is 6.52. The van der Waals surface area contributed by atoms with Crippen LogP contribution < -0.4 is 4.90 Å². The molecule has 0 saturated carbocycles. The van der Waals surface area contributed by atoms with Crippen LogP contribution in [0.2, 0.25) is 0 Å². The highest BCUT2D eigenvalue weighted by Crippen LogP contribution is 2.49. The highest BCUT2D eigenvalue weighted by molar-refractivity contribution is 7.26. The molecule has 202 valence electrons. The Hall–Kier alpha value is -5.38. The van der Waals surface area contributed by atoms with Crippen molar-refractivity contribution >= 4 is 81.3 Å². The number of anilines is 3. The van der Waals surface area contributed by atoms with Crippen molar-refractivity contribution in [1.82, 2.24) is 0 Å². The minimum Gasteiger partial charge on any atom is -0.455 e. The third kappa shape index (κ3) is 3.72. The normalized spacial score (nSPS) is 11.7. The van der Waals surface area contributed by atoms with Gasteiger partial charge in [-0.15, -0.1) is 11.3 Å². The largest absolute Gasteiger partial charge is 0.455 e. The summed E-state index contributed by atoms with van der Waals surface area (Å²) in [7, 11) is 0. The van der Waals surface area contributed by atoms with E-state index in [0.29, 0.717) is 0 Å². The number of furan rings is 1. The Kier molecular flexibility index (Phi) is 5.40. The lowest BCUT2D eigenvalue weighted by atomic mass is 9.96. The molecule has 0 amide bonds. The van der Waals surface area contributed by atoms with Crippen molar-refractivity contribution in [2.75, 3.05) is 4.90 Å². The molecule has 0 atom stereocenters. The SMILES string of the molecule is c1ccc(N(c2ccccc2)c2cc3c(sc4cccc(-c5cccc6c5oc5ccccc56)c43)c3ccccc23)cc1. The number of hydrogen-bond acceptors (Lipinski definition) is 3. The Morgan fingerprint density at radius 3 is 1.84 bits per heavy atom. The molecule has 2 heterocycles. The van der Waals surface area contributed by atoms with Crippen molar-refractivity contribution in [1.29, 1.82) is 0 Å². The first-order valence-corrected chi connectivity index (χ1v) is 15.3. The molecular formula is C40H25NOS. The smallest absolute Gasteiger partial charge is 0.143 e. The summed E-state index contributed by atoms with van der Waals surface area (Å²) >= 11 is 1.87. The maximum absolute atomic E-state index is 6.52. The Morgan fingerprint density at radius 2 is 1.07 bits per heavy atom. The van der Waals surface area contributed by atoms with E-state index in [2.05, 4.69) is 150 Å². The molecule has 0 aliphatic rings. The summed E-state index contributed by atoms with van der Waals surface area (Å²) in [6.45, 7) is 0. The van der Waals surface area contributed by atoms with E-state index in [9.17, 15) is 0 Å². The fraction of sp³-hybridized carbons (Fsp3) is 0. The standard InChI is InChI=1S/C40H25NOS/c1-3-13-26(14-4-1)41(27-15-5-2-6-16-27)35-25-34-38-30(20-12-24-37(38)43-40(34)33-19-8-7-17-28(33)35)32-22-11-21-31-29-18-9-10-23-36(29)42-39(31)32/h1-25H. The van der Waals surface area contributed by atoms with Crippen molar-refractivity contribution in [2.24, 2.45) is 0 Å². The molecule has 9 rings (SSSR count). The zero-order valence-corrected chi connectivity index (χ0v) is 24.0. The zero-order valence-electron chi connectivity index (χ0n) is 23.2. The quantitative estimate of drug-likeness (QED) is 0.210. The van der Waals surface area contributed by atoms with E-state index in [1.165, 1.54) is 36.5 Å². The van der Waals surface area contributed by atoms with E-state index in [4.69, 9.17) is 4.42 Å². The Labute approximate surface area is 252 Å². The second-order valence-electron chi connectivity index (χ2n) is 10.9. The molecule has 0 radical (unpaired) electrons. The highest BCUT2D eigenvalue weighted by atomic mass is 32.1. The molecule has 0 unspecified atom stereocenters. The predicted octanol–water partition coefficient (Wildman–Crippen LogP) is 12.2. The van der Waals surface area contributed by atoms with E-state index in [1.807, 2.05) is 17.4 Å². The summed E-state index contributed by atoms with van der Waals surface area (Å²) in [4.78, 5) is 2.38. The molecule has 0 saturated heterocycles. The average molecular weight is 568 g/mol. The summed E-state index contributed by atoms with van der Waals surface area (Å²) in [6, 6.07) is 54.1. The van der Waals surface area contributed by atoms with Crippen molar-refractivity contribution in [3.8, 4) is 11.1 Å². The maximum Gasteiger partial charge on any atom is 0.143 e. The van der Waals surface area contributed by atoms with Gasteiger partial charge in [-0.2, -0.15) is 0 Å². The number of rotatable bonds is 4. The van der Waals surface area contributed by atoms with Gasteiger partial charge in [0, 0.05) is 58.7 Å². The van der Waals surface area contributed by atoms with Gasteiger partial charge in [-0.05, 0) is 48.0 Å². The van der Waals surface area contributed by atoms with Crippen molar-refractivity contribution in [3.63, 3.8) is 0 Å². The van der Waals surface area contributed by atoms with E-state index in [-0.39, 0.29) is 0 Å². The van der Waals surface area contributed by atoms with Crippen LogP contribution in [0, 0.1) is 0 Å². The molecule has 2 nitrogen and oxygen atoms in total. The molecule has 0 aliphatic heterocycles. The Bertz CT molecular complexity index is 2420. The first-order chi connectivity index (χ1) is 21.3. The van der Waals surface area contributed by atoms with E-state index >= 15 is 0 Å². The molecule has 7 aromatic carbocycles.